The third-order valence-electron chi connectivity index (χ3n) is 8.28. The Morgan fingerprint density at radius 2 is 0.778 bits per heavy atom. The van der Waals surface area contributed by atoms with E-state index in [2.05, 4.69) is 27.7 Å². The average molecular weight is 655 g/mol. The number of phenolic OH excluding ortho intramolecular Hbond substituents is 1. The van der Waals surface area contributed by atoms with Crippen molar-refractivity contribution in [2.75, 3.05) is 19.8 Å². The van der Waals surface area contributed by atoms with E-state index in [0.29, 0.717) is 25.6 Å². The molecule has 266 valence electrons. The first-order valence-corrected chi connectivity index (χ1v) is 20.8. The Morgan fingerprint density at radius 1 is 0.467 bits per heavy atom. The number of phenols is 1. The van der Waals surface area contributed by atoms with Crippen LogP contribution in [0, 0.1) is 0 Å². The highest BCUT2D eigenvalue weighted by molar-refractivity contribution is 7.48. The van der Waals surface area contributed by atoms with Crippen molar-refractivity contribution in [2.24, 2.45) is 0 Å². The molecule has 0 unspecified atom stereocenters. The molecule has 1 N–H and O–H groups in total. The van der Waals surface area contributed by atoms with Crippen LogP contribution in [0.4, 0.5) is 0 Å². The highest BCUT2D eigenvalue weighted by Crippen LogP contribution is 2.50. The van der Waals surface area contributed by atoms with Crippen LogP contribution in [0.5, 0.6) is 5.75 Å². The summed E-state index contributed by atoms with van der Waals surface area (Å²) in [6.07, 6.45) is 31.6. The number of benzene rings is 1. The monoisotopic (exact) mass is 655 g/mol. The van der Waals surface area contributed by atoms with Crippen molar-refractivity contribution in [2.45, 2.75) is 195 Å². The highest BCUT2D eigenvalue weighted by atomic mass is 31.2. The molecule has 0 aliphatic carbocycles. The lowest BCUT2D eigenvalue weighted by atomic mass is 10.0. The lowest BCUT2D eigenvalue weighted by Crippen LogP contribution is -2.04. The van der Waals surface area contributed by atoms with E-state index in [1.165, 1.54) is 122 Å². The smallest absolute Gasteiger partial charge is 0.474 e. The molecule has 0 aliphatic rings. The van der Waals surface area contributed by atoms with Gasteiger partial charge in [-0.3, -0.25) is 13.6 Å². The average Bonchev–Trinajstić information content (AvgIpc) is 3.04. The third-order valence-corrected chi connectivity index (χ3v) is 9.78. The molecule has 1 rings (SSSR count). The van der Waals surface area contributed by atoms with Gasteiger partial charge in [0.15, 0.2) is 0 Å². The van der Waals surface area contributed by atoms with Crippen LogP contribution in [0.2, 0.25) is 0 Å². The summed E-state index contributed by atoms with van der Waals surface area (Å²) in [4.78, 5) is 0. The minimum absolute atomic E-state index is 0.452. The van der Waals surface area contributed by atoms with E-state index in [-0.39, 0.29) is 0 Å². The van der Waals surface area contributed by atoms with Crippen LogP contribution in [-0.4, -0.2) is 24.9 Å². The Kier molecular flexibility index (Phi) is 33.8. The molecule has 0 aromatic heterocycles. The van der Waals surface area contributed by atoms with E-state index in [0.717, 1.165) is 50.5 Å². The summed E-state index contributed by atoms with van der Waals surface area (Å²) in [5, 5.41) is 9.58. The maximum atomic E-state index is 13.0. The van der Waals surface area contributed by atoms with Gasteiger partial charge in [-0.05, 0) is 43.7 Å². The number of hydrogen-bond acceptors (Lipinski definition) is 5. The summed E-state index contributed by atoms with van der Waals surface area (Å²) in [5.41, 5.74) is 1.09. The summed E-state index contributed by atoms with van der Waals surface area (Å²) in [6, 6.07) is 7.67. The van der Waals surface area contributed by atoms with Gasteiger partial charge in [-0.1, -0.05) is 181 Å². The Bertz CT molecular complexity index is 719. The molecule has 45 heavy (non-hydrogen) atoms. The minimum Gasteiger partial charge on any atom is -0.508 e. The van der Waals surface area contributed by atoms with Gasteiger partial charge in [0.2, 0.25) is 0 Å². The fourth-order valence-electron chi connectivity index (χ4n) is 5.28. The van der Waals surface area contributed by atoms with Crippen molar-refractivity contribution in [3.63, 3.8) is 0 Å². The molecule has 0 saturated carbocycles. The molecule has 0 spiro atoms. The molecule has 0 radical (unpaired) electrons. The second-order valence-electron chi connectivity index (χ2n) is 12.8. The van der Waals surface area contributed by atoms with E-state index < -0.39 is 7.82 Å². The van der Waals surface area contributed by atoms with Crippen LogP contribution < -0.4 is 0 Å². The topological polar surface area (TPSA) is 65.0 Å². The van der Waals surface area contributed by atoms with Crippen LogP contribution in [0.1, 0.15) is 194 Å². The Hall–Kier alpha value is -0.870. The molecule has 5 nitrogen and oxygen atoms in total. The summed E-state index contributed by atoms with van der Waals surface area (Å²) >= 11 is 0. The fourth-order valence-corrected chi connectivity index (χ4v) is 6.56. The zero-order valence-corrected chi connectivity index (χ0v) is 31.2. The van der Waals surface area contributed by atoms with Crippen molar-refractivity contribution < 1.29 is 23.2 Å². The predicted molar refractivity (Wildman–Crippen MR) is 195 cm³/mol. The van der Waals surface area contributed by atoms with Crippen molar-refractivity contribution in [1.29, 1.82) is 0 Å². The Balaban J connectivity index is 0.00000101. The number of hydrogen-bond donors (Lipinski definition) is 1. The summed E-state index contributed by atoms with van der Waals surface area (Å²) < 4.78 is 29.9. The summed E-state index contributed by atoms with van der Waals surface area (Å²) in [6.45, 7) is 10.3. The van der Waals surface area contributed by atoms with Crippen LogP contribution >= 0.6 is 7.82 Å². The van der Waals surface area contributed by atoms with Gasteiger partial charge in [0.25, 0.3) is 0 Å². The van der Waals surface area contributed by atoms with Crippen molar-refractivity contribution in [1.82, 2.24) is 0 Å². The quantitative estimate of drug-likeness (QED) is 0.0618. The number of rotatable bonds is 32. The van der Waals surface area contributed by atoms with Crippen molar-refractivity contribution in [3.8, 4) is 5.75 Å². The molecule has 1 aromatic rings. The van der Waals surface area contributed by atoms with E-state index >= 15 is 0 Å². The summed E-state index contributed by atoms with van der Waals surface area (Å²) in [5.74, 6) is 0.452. The van der Waals surface area contributed by atoms with E-state index in [1.807, 2.05) is 18.2 Å². The van der Waals surface area contributed by atoms with Gasteiger partial charge in [-0.25, -0.2) is 4.57 Å². The SMILES string of the molecule is CCCCCCCCCc1ccccc1O.CCCCCCCCOP(=O)(OCCCCCCCC)OCCCCCCCC. The van der Waals surface area contributed by atoms with E-state index in [4.69, 9.17) is 13.6 Å². The Labute approximate surface area is 280 Å². The second kappa shape index (κ2) is 34.5. The van der Waals surface area contributed by atoms with Crippen LogP contribution in [0.3, 0.4) is 0 Å². The second-order valence-corrected chi connectivity index (χ2v) is 14.4. The molecular formula is C39H75O5P. The molecular weight excluding hydrogens is 579 g/mol. The molecule has 0 fully saturated rings. The molecule has 0 amide bonds. The number of phosphoric acid groups is 1. The summed E-state index contributed by atoms with van der Waals surface area (Å²) in [7, 11) is -3.40. The van der Waals surface area contributed by atoms with Gasteiger partial charge in [-0.2, -0.15) is 0 Å². The van der Waals surface area contributed by atoms with Gasteiger partial charge in [0.05, 0.1) is 19.8 Å². The van der Waals surface area contributed by atoms with Crippen LogP contribution in [0.25, 0.3) is 0 Å². The number of aryl methyl sites for hydroxylation is 1. The largest absolute Gasteiger partial charge is 0.508 e. The first-order chi connectivity index (χ1) is 22.0. The van der Waals surface area contributed by atoms with E-state index in [1.54, 1.807) is 6.07 Å². The number of aromatic hydroxyl groups is 1. The number of para-hydroxylation sites is 1. The minimum atomic E-state index is -3.40. The number of phosphoric ester groups is 1. The highest BCUT2D eigenvalue weighted by Gasteiger charge is 2.26. The maximum Gasteiger partial charge on any atom is 0.474 e. The molecule has 0 atom stereocenters. The number of unbranched alkanes of at least 4 members (excludes halogenated alkanes) is 21. The molecule has 6 heteroatoms. The zero-order valence-electron chi connectivity index (χ0n) is 30.3. The maximum absolute atomic E-state index is 13.0. The van der Waals surface area contributed by atoms with Crippen molar-refractivity contribution in [3.05, 3.63) is 29.8 Å². The van der Waals surface area contributed by atoms with Gasteiger partial charge in [0, 0.05) is 0 Å². The van der Waals surface area contributed by atoms with Crippen LogP contribution in [0.15, 0.2) is 24.3 Å². The van der Waals surface area contributed by atoms with Gasteiger partial charge in [0.1, 0.15) is 5.75 Å². The standard InChI is InChI=1S/C24H51O4P.C15H24O/c1-4-7-10-13-16-19-22-26-29(25,27-23-20-17-14-11-8-5-2)28-24-21-18-15-12-9-6-3;1-2-3-4-5-6-7-8-11-14-12-9-10-13-15(14)16/h4-24H2,1-3H3;9-10,12-13,16H,2-8,11H2,1H3. The lowest BCUT2D eigenvalue weighted by Gasteiger charge is -2.18. The lowest BCUT2D eigenvalue weighted by molar-refractivity contribution is 0.108. The van der Waals surface area contributed by atoms with Gasteiger partial charge >= 0.3 is 7.82 Å². The first-order valence-electron chi connectivity index (χ1n) is 19.3. The van der Waals surface area contributed by atoms with E-state index in [9.17, 15) is 9.67 Å². The molecule has 1 aromatic carbocycles. The molecule has 0 bridgehead atoms. The predicted octanol–water partition coefficient (Wildman–Crippen LogP) is 13.9. The fraction of sp³-hybridized carbons (Fsp3) is 0.846. The van der Waals surface area contributed by atoms with Gasteiger partial charge in [-0.15, -0.1) is 0 Å². The Morgan fingerprint density at radius 3 is 1.13 bits per heavy atom. The zero-order chi connectivity index (χ0) is 33.1. The van der Waals surface area contributed by atoms with Crippen molar-refractivity contribution >= 4 is 7.82 Å². The molecule has 0 saturated heterocycles. The molecule has 0 heterocycles. The van der Waals surface area contributed by atoms with Crippen LogP contribution in [-0.2, 0) is 24.6 Å². The molecule has 0 aliphatic heterocycles. The van der Waals surface area contributed by atoms with Gasteiger partial charge < -0.3 is 5.11 Å². The normalized spacial score (nSPS) is 11.5. The first kappa shape index (κ1) is 44.1. The third kappa shape index (κ3) is 30.2.